The van der Waals surface area contributed by atoms with Crippen LogP contribution in [0.15, 0.2) is 90.2 Å². The molecule has 7 nitrogen and oxygen atoms in total. The average molecular weight is 596 g/mol. The van der Waals surface area contributed by atoms with E-state index in [1.165, 1.54) is 29.2 Å². The Morgan fingerprint density at radius 3 is 2.54 bits per heavy atom. The van der Waals surface area contributed by atoms with Gasteiger partial charge in [0.25, 0.3) is 0 Å². The lowest BCUT2D eigenvalue weighted by atomic mass is 10.1. The SMILES string of the molecule is CCOc1ccc(-c2nnc(SCC(=O)Nc3ncc(Cc4cccc(C(F)(F)F)c4)s3)n2-c2ccccc2)cc1. The summed E-state index contributed by atoms with van der Waals surface area (Å²) in [6, 6.07) is 22.4. The molecule has 5 aromatic rings. The fourth-order valence-electron chi connectivity index (χ4n) is 4.02. The molecular formula is C29H24F3N5O2S2. The number of nitrogens with one attached hydrogen (secondary N) is 1. The summed E-state index contributed by atoms with van der Waals surface area (Å²) >= 11 is 2.45. The number of anilines is 1. The molecule has 3 aromatic carbocycles. The molecule has 2 heterocycles. The molecule has 0 saturated carbocycles. The van der Waals surface area contributed by atoms with Crippen LogP contribution in [0.5, 0.6) is 5.75 Å². The van der Waals surface area contributed by atoms with Crippen LogP contribution in [0.25, 0.3) is 17.1 Å². The van der Waals surface area contributed by atoms with Crippen molar-refractivity contribution in [3.05, 3.63) is 101 Å². The highest BCUT2D eigenvalue weighted by Gasteiger charge is 2.30. The van der Waals surface area contributed by atoms with E-state index in [4.69, 9.17) is 4.74 Å². The number of hydrogen-bond donors (Lipinski definition) is 1. The Labute approximate surface area is 242 Å². The highest BCUT2D eigenvalue weighted by Crippen LogP contribution is 2.31. The molecule has 0 unspecified atom stereocenters. The molecule has 0 bridgehead atoms. The first-order chi connectivity index (χ1) is 19.8. The smallest absolute Gasteiger partial charge is 0.416 e. The van der Waals surface area contributed by atoms with Crippen LogP contribution in [0.2, 0.25) is 0 Å². The van der Waals surface area contributed by atoms with Crippen LogP contribution >= 0.6 is 23.1 Å². The number of alkyl halides is 3. The molecular weight excluding hydrogens is 571 g/mol. The van der Waals surface area contributed by atoms with E-state index < -0.39 is 11.7 Å². The summed E-state index contributed by atoms with van der Waals surface area (Å²) in [5, 5.41) is 12.4. The fraction of sp³-hybridized carbons (Fsp3) is 0.172. The molecule has 0 aliphatic heterocycles. The number of thioether (sulfide) groups is 1. The summed E-state index contributed by atoms with van der Waals surface area (Å²) in [6.07, 6.45) is -2.57. The molecule has 5 rings (SSSR count). The predicted octanol–water partition coefficient (Wildman–Crippen LogP) is 7.13. The predicted molar refractivity (Wildman–Crippen MR) is 154 cm³/mol. The minimum atomic E-state index is -4.40. The van der Waals surface area contributed by atoms with Gasteiger partial charge in [-0.15, -0.1) is 21.5 Å². The molecule has 41 heavy (non-hydrogen) atoms. The van der Waals surface area contributed by atoms with Crippen molar-refractivity contribution in [1.29, 1.82) is 0 Å². The Bertz CT molecular complexity index is 1620. The maximum Gasteiger partial charge on any atom is 0.416 e. The first kappa shape index (κ1) is 28.4. The molecule has 0 spiro atoms. The lowest BCUT2D eigenvalue weighted by Crippen LogP contribution is -2.14. The third-order valence-corrected chi connectivity index (χ3v) is 7.68. The van der Waals surface area contributed by atoms with Crippen LogP contribution in [0.3, 0.4) is 0 Å². The zero-order valence-electron chi connectivity index (χ0n) is 21.8. The van der Waals surface area contributed by atoms with Crippen LogP contribution < -0.4 is 10.1 Å². The van der Waals surface area contributed by atoms with E-state index in [2.05, 4.69) is 20.5 Å². The van der Waals surface area contributed by atoms with Crippen LogP contribution in [0.1, 0.15) is 22.9 Å². The number of benzene rings is 3. The summed E-state index contributed by atoms with van der Waals surface area (Å²) in [5.41, 5.74) is 1.51. The van der Waals surface area contributed by atoms with Gasteiger partial charge in [-0.25, -0.2) is 4.98 Å². The van der Waals surface area contributed by atoms with Gasteiger partial charge in [-0.3, -0.25) is 9.36 Å². The van der Waals surface area contributed by atoms with Crippen LogP contribution in [0, 0.1) is 0 Å². The normalized spacial score (nSPS) is 11.4. The van der Waals surface area contributed by atoms with Crippen molar-refractivity contribution in [3.63, 3.8) is 0 Å². The summed E-state index contributed by atoms with van der Waals surface area (Å²) < 4.78 is 46.5. The quantitative estimate of drug-likeness (QED) is 0.173. The monoisotopic (exact) mass is 595 g/mol. The number of hydrogen-bond acceptors (Lipinski definition) is 7. The van der Waals surface area contributed by atoms with Gasteiger partial charge in [0.1, 0.15) is 5.75 Å². The molecule has 2 aromatic heterocycles. The van der Waals surface area contributed by atoms with Crippen molar-refractivity contribution in [1.82, 2.24) is 19.7 Å². The first-order valence-electron chi connectivity index (χ1n) is 12.6. The number of rotatable bonds is 10. The molecule has 0 atom stereocenters. The van der Waals surface area contributed by atoms with Gasteiger partial charge in [-0.05, 0) is 55.0 Å². The van der Waals surface area contributed by atoms with E-state index in [-0.39, 0.29) is 18.1 Å². The fourth-order valence-corrected chi connectivity index (χ4v) is 5.63. The standard InChI is InChI=1S/C29H24F3N5O2S2/c1-2-39-23-13-11-20(12-14-23)26-35-36-28(37(26)22-9-4-3-5-10-22)40-18-25(38)34-27-33-17-24(41-27)16-19-7-6-8-21(15-19)29(30,31)32/h3-15,17H,2,16,18H2,1H3,(H,33,34,38). The average Bonchev–Trinajstić information content (AvgIpc) is 3.59. The number of halogens is 3. The van der Waals surface area contributed by atoms with Crippen molar-refractivity contribution in [3.8, 4) is 22.8 Å². The maximum atomic E-state index is 13.0. The Morgan fingerprint density at radius 2 is 1.80 bits per heavy atom. The molecule has 1 N–H and O–H groups in total. The zero-order valence-corrected chi connectivity index (χ0v) is 23.4. The Kier molecular flexibility index (Phi) is 8.70. The molecule has 1 amide bonds. The number of carbonyl (C=O) groups excluding carboxylic acids is 1. The van der Waals surface area contributed by atoms with Gasteiger partial charge in [0, 0.05) is 28.7 Å². The van der Waals surface area contributed by atoms with Gasteiger partial charge < -0.3 is 10.1 Å². The lowest BCUT2D eigenvalue weighted by molar-refractivity contribution is -0.137. The van der Waals surface area contributed by atoms with Crippen LogP contribution in [-0.2, 0) is 17.4 Å². The zero-order chi connectivity index (χ0) is 28.8. The molecule has 0 aliphatic rings. The lowest BCUT2D eigenvalue weighted by Gasteiger charge is -2.11. The van der Waals surface area contributed by atoms with Crippen molar-refractivity contribution in [2.45, 2.75) is 24.7 Å². The van der Waals surface area contributed by atoms with Crippen LogP contribution in [-0.4, -0.2) is 38.0 Å². The van der Waals surface area contributed by atoms with Crippen molar-refractivity contribution >= 4 is 34.1 Å². The number of carbonyl (C=O) groups is 1. The van der Waals surface area contributed by atoms with E-state index in [9.17, 15) is 18.0 Å². The molecule has 0 fully saturated rings. The van der Waals surface area contributed by atoms with E-state index >= 15 is 0 Å². The molecule has 0 saturated heterocycles. The second kappa shape index (κ2) is 12.6. The largest absolute Gasteiger partial charge is 0.494 e. The molecule has 210 valence electrons. The minimum absolute atomic E-state index is 0.0524. The van der Waals surface area contributed by atoms with Crippen molar-refractivity contribution < 1.29 is 22.7 Å². The second-order valence-electron chi connectivity index (χ2n) is 8.78. The molecule has 0 aliphatic carbocycles. The third kappa shape index (κ3) is 7.14. The molecule has 12 heteroatoms. The van der Waals surface area contributed by atoms with E-state index in [1.54, 1.807) is 12.3 Å². The van der Waals surface area contributed by atoms with Gasteiger partial charge >= 0.3 is 6.18 Å². The summed E-state index contributed by atoms with van der Waals surface area (Å²) in [6.45, 7) is 2.49. The van der Waals surface area contributed by atoms with E-state index in [0.29, 0.717) is 28.3 Å². The van der Waals surface area contributed by atoms with Gasteiger partial charge in [-0.2, -0.15) is 13.2 Å². The highest BCUT2D eigenvalue weighted by molar-refractivity contribution is 7.99. The Morgan fingerprint density at radius 1 is 1.02 bits per heavy atom. The number of ether oxygens (including phenoxy) is 1. The van der Waals surface area contributed by atoms with Crippen molar-refractivity contribution in [2.24, 2.45) is 0 Å². The highest BCUT2D eigenvalue weighted by atomic mass is 32.2. The number of nitrogens with zero attached hydrogens (tertiary/aromatic N) is 4. The van der Waals surface area contributed by atoms with E-state index in [1.807, 2.05) is 66.1 Å². The van der Waals surface area contributed by atoms with E-state index in [0.717, 1.165) is 34.0 Å². The number of amides is 1. The molecule has 0 radical (unpaired) electrons. The Hall–Kier alpha value is -4.16. The maximum absolute atomic E-state index is 13.0. The van der Waals surface area contributed by atoms with Gasteiger partial charge in [0.05, 0.1) is 17.9 Å². The second-order valence-corrected chi connectivity index (χ2v) is 10.8. The van der Waals surface area contributed by atoms with Gasteiger partial charge in [0.2, 0.25) is 5.91 Å². The number of aromatic nitrogens is 4. The Balaban J connectivity index is 1.26. The van der Waals surface area contributed by atoms with Gasteiger partial charge in [-0.1, -0.05) is 48.2 Å². The number of thiazole rings is 1. The third-order valence-electron chi connectivity index (χ3n) is 5.84. The first-order valence-corrected chi connectivity index (χ1v) is 14.4. The topological polar surface area (TPSA) is 81.9 Å². The summed E-state index contributed by atoms with van der Waals surface area (Å²) in [7, 11) is 0. The van der Waals surface area contributed by atoms with Gasteiger partial charge in [0.15, 0.2) is 16.1 Å². The van der Waals surface area contributed by atoms with Crippen LogP contribution in [0.4, 0.5) is 18.3 Å². The summed E-state index contributed by atoms with van der Waals surface area (Å²) in [5.74, 6) is 1.14. The number of para-hydroxylation sites is 1. The minimum Gasteiger partial charge on any atom is -0.494 e. The summed E-state index contributed by atoms with van der Waals surface area (Å²) in [4.78, 5) is 17.7. The van der Waals surface area contributed by atoms with Crippen molar-refractivity contribution in [2.75, 3.05) is 17.7 Å².